The third kappa shape index (κ3) is 4.31. The molecule has 1 aliphatic carbocycles. The van der Waals surface area contributed by atoms with Crippen LogP contribution in [0.5, 0.6) is 0 Å². The van der Waals surface area contributed by atoms with E-state index in [0.29, 0.717) is 17.5 Å². The van der Waals surface area contributed by atoms with Crippen LogP contribution in [0.3, 0.4) is 0 Å². The Labute approximate surface area is 340 Å². The average molecular weight is 754 g/mol. The van der Waals surface area contributed by atoms with Crippen LogP contribution in [-0.2, 0) is 5.41 Å². The molecule has 276 valence electrons. The summed E-state index contributed by atoms with van der Waals surface area (Å²) in [4.78, 5) is 16.2. The largest absolute Gasteiger partial charge is 0.309 e. The lowest BCUT2D eigenvalue weighted by Crippen LogP contribution is -2.15. The minimum Gasteiger partial charge on any atom is -0.309 e. The number of hydrogen-bond acceptors (Lipinski definition) is 3. The zero-order chi connectivity index (χ0) is 39.0. The Morgan fingerprint density at radius 2 is 0.983 bits per heavy atom. The molecule has 3 aromatic heterocycles. The van der Waals surface area contributed by atoms with Crippen molar-refractivity contribution in [1.29, 1.82) is 0 Å². The summed E-state index contributed by atoms with van der Waals surface area (Å²) in [6.45, 7) is 4.74. The van der Waals surface area contributed by atoms with E-state index in [-0.39, 0.29) is 5.41 Å². The van der Waals surface area contributed by atoms with Crippen molar-refractivity contribution in [1.82, 2.24) is 24.1 Å². The van der Waals surface area contributed by atoms with Gasteiger partial charge in [0.2, 0.25) is 0 Å². The van der Waals surface area contributed by atoms with Crippen LogP contribution < -0.4 is 0 Å². The Kier molecular flexibility index (Phi) is 6.44. The van der Waals surface area contributed by atoms with E-state index >= 15 is 0 Å². The highest BCUT2D eigenvalue weighted by molar-refractivity contribution is 6.20. The van der Waals surface area contributed by atoms with Crippen molar-refractivity contribution in [2.24, 2.45) is 0 Å². The monoisotopic (exact) mass is 753 g/mol. The molecule has 5 heteroatoms. The lowest BCUT2D eigenvalue weighted by molar-refractivity contribution is 0.661. The summed E-state index contributed by atoms with van der Waals surface area (Å²) in [7, 11) is 0. The quantitative estimate of drug-likeness (QED) is 0.180. The van der Waals surface area contributed by atoms with Crippen molar-refractivity contribution < 1.29 is 0 Å². The Morgan fingerprint density at radius 3 is 1.80 bits per heavy atom. The van der Waals surface area contributed by atoms with E-state index in [2.05, 4.69) is 181 Å². The minimum absolute atomic E-state index is 0.166. The molecule has 0 unspecified atom stereocenters. The van der Waals surface area contributed by atoms with Gasteiger partial charge in [-0.1, -0.05) is 153 Å². The maximum atomic E-state index is 5.52. The first-order chi connectivity index (χ1) is 29.1. The lowest BCUT2D eigenvalue weighted by atomic mass is 9.81. The van der Waals surface area contributed by atoms with Crippen molar-refractivity contribution in [2.75, 3.05) is 0 Å². The van der Waals surface area contributed by atoms with Gasteiger partial charge in [-0.3, -0.25) is 0 Å². The Bertz CT molecular complexity index is 3570. The fourth-order valence-corrected chi connectivity index (χ4v) is 10.4. The number of para-hydroxylation sites is 3. The van der Waals surface area contributed by atoms with E-state index in [1.165, 1.54) is 49.6 Å². The van der Waals surface area contributed by atoms with Gasteiger partial charge < -0.3 is 9.13 Å². The molecule has 0 spiro atoms. The smallest absolute Gasteiger partial charge is 0.164 e. The van der Waals surface area contributed by atoms with Crippen LogP contribution in [0.2, 0.25) is 0 Å². The van der Waals surface area contributed by atoms with E-state index in [0.717, 1.165) is 55.4 Å². The van der Waals surface area contributed by atoms with E-state index < -0.39 is 0 Å². The molecule has 0 atom stereocenters. The number of rotatable bonds is 4. The van der Waals surface area contributed by atoms with Gasteiger partial charge in [-0.2, -0.15) is 0 Å². The van der Waals surface area contributed by atoms with Crippen molar-refractivity contribution >= 4 is 43.6 Å². The highest BCUT2D eigenvalue weighted by atomic mass is 15.0. The molecular weight excluding hydrogens is 719 g/mol. The zero-order valence-electron chi connectivity index (χ0n) is 32.5. The maximum Gasteiger partial charge on any atom is 0.164 e. The third-order valence-corrected chi connectivity index (χ3v) is 12.9. The van der Waals surface area contributed by atoms with Crippen molar-refractivity contribution in [3.63, 3.8) is 0 Å². The SMILES string of the molecule is CC1(C)c2cccc3c2-c2c1ccc1c4ccccc4n(c21)-c1cccc(-c2nc(-c4ccccc4)nc(-c4cccc5c4c4ccccc4n5-c4ccccc4)n2)c1-3. The van der Waals surface area contributed by atoms with Gasteiger partial charge in [0.1, 0.15) is 0 Å². The van der Waals surface area contributed by atoms with E-state index in [1.807, 2.05) is 18.2 Å². The standard InChI is InChI=1S/C54H35N5/c1-54(2)40-25-13-22-37-47-39(24-15-29-45(47)59-42-26-11-9-20-34(42)35-30-31-41(54)49(48(37)40)50(35)59)53-56-51(32-16-5-3-6-17-32)55-52(57-53)38-23-14-28-44-46(38)36-21-10-12-27-43(36)58(44)33-18-7-4-8-19-33/h3-31H,1-2H3. The number of hydrogen-bond donors (Lipinski definition) is 0. The van der Waals surface area contributed by atoms with Gasteiger partial charge >= 0.3 is 0 Å². The first-order valence-corrected chi connectivity index (χ1v) is 20.3. The first-order valence-electron chi connectivity index (χ1n) is 20.3. The average Bonchev–Trinajstić information content (AvgIpc) is 3.86. The molecule has 13 rings (SSSR count). The normalized spacial score (nSPS) is 13.4. The molecular formula is C54H35N5. The highest BCUT2D eigenvalue weighted by Crippen LogP contribution is 2.59. The van der Waals surface area contributed by atoms with E-state index in [9.17, 15) is 0 Å². The molecule has 8 aromatic carbocycles. The molecule has 0 saturated heterocycles. The van der Waals surface area contributed by atoms with E-state index in [4.69, 9.17) is 15.0 Å². The molecule has 0 amide bonds. The van der Waals surface area contributed by atoms with Gasteiger partial charge in [-0.15, -0.1) is 0 Å². The maximum absolute atomic E-state index is 5.52. The van der Waals surface area contributed by atoms with Crippen LogP contribution in [-0.4, -0.2) is 24.1 Å². The molecule has 2 aliphatic rings. The van der Waals surface area contributed by atoms with Crippen molar-refractivity contribution in [2.45, 2.75) is 19.3 Å². The van der Waals surface area contributed by atoms with Crippen LogP contribution in [0.4, 0.5) is 0 Å². The number of fused-ring (bicyclic) bond motifs is 9. The summed E-state index contributed by atoms with van der Waals surface area (Å²) in [5, 5.41) is 4.79. The van der Waals surface area contributed by atoms with Gasteiger partial charge in [0.25, 0.3) is 0 Å². The number of nitrogens with zero attached hydrogens (tertiary/aromatic N) is 5. The predicted molar refractivity (Wildman–Crippen MR) is 241 cm³/mol. The second kappa shape index (κ2) is 11.7. The van der Waals surface area contributed by atoms with Crippen molar-refractivity contribution in [3.05, 3.63) is 187 Å². The van der Waals surface area contributed by atoms with Crippen LogP contribution in [0, 0.1) is 0 Å². The lowest BCUT2D eigenvalue weighted by Gasteiger charge is -2.23. The molecule has 1 aliphatic heterocycles. The molecule has 4 heterocycles. The Hall–Kier alpha value is -7.63. The molecule has 11 aromatic rings. The van der Waals surface area contributed by atoms with Crippen LogP contribution in [0.25, 0.3) is 111 Å². The van der Waals surface area contributed by atoms with Crippen LogP contribution >= 0.6 is 0 Å². The molecule has 0 saturated carbocycles. The van der Waals surface area contributed by atoms with E-state index in [1.54, 1.807) is 0 Å². The second-order valence-electron chi connectivity index (χ2n) is 16.3. The van der Waals surface area contributed by atoms with Gasteiger partial charge in [-0.25, -0.2) is 15.0 Å². The number of aromatic nitrogens is 5. The highest BCUT2D eigenvalue weighted by Gasteiger charge is 2.41. The Balaban J connectivity index is 1.14. The topological polar surface area (TPSA) is 48.5 Å². The van der Waals surface area contributed by atoms with Gasteiger partial charge in [0.05, 0.1) is 27.8 Å². The fraction of sp³-hybridized carbons (Fsp3) is 0.0556. The van der Waals surface area contributed by atoms with Gasteiger partial charge in [-0.05, 0) is 58.7 Å². The summed E-state index contributed by atoms with van der Waals surface area (Å²) in [6.07, 6.45) is 0. The Morgan fingerprint density at radius 1 is 0.390 bits per heavy atom. The number of benzene rings is 8. The van der Waals surface area contributed by atoms with Crippen LogP contribution in [0.15, 0.2) is 176 Å². The van der Waals surface area contributed by atoms with Crippen LogP contribution in [0.1, 0.15) is 25.0 Å². The molecule has 0 bridgehead atoms. The zero-order valence-corrected chi connectivity index (χ0v) is 32.5. The minimum atomic E-state index is -0.166. The van der Waals surface area contributed by atoms with Gasteiger partial charge in [0.15, 0.2) is 17.5 Å². The summed E-state index contributed by atoms with van der Waals surface area (Å²) in [5.41, 5.74) is 17.3. The second-order valence-corrected chi connectivity index (χ2v) is 16.3. The van der Waals surface area contributed by atoms with Crippen molar-refractivity contribution in [3.8, 4) is 67.8 Å². The first kappa shape index (κ1) is 32.5. The van der Waals surface area contributed by atoms with Gasteiger partial charge in [0, 0.05) is 60.5 Å². The predicted octanol–water partition coefficient (Wildman–Crippen LogP) is 13.4. The summed E-state index contributed by atoms with van der Waals surface area (Å²) < 4.78 is 4.85. The summed E-state index contributed by atoms with van der Waals surface area (Å²) in [6, 6.07) is 63.1. The molecule has 59 heavy (non-hydrogen) atoms. The molecule has 0 radical (unpaired) electrons. The molecule has 0 fully saturated rings. The third-order valence-electron chi connectivity index (χ3n) is 12.9. The summed E-state index contributed by atoms with van der Waals surface area (Å²) in [5.74, 6) is 1.92. The summed E-state index contributed by atoms with van der Waals surface area (Å²) >= 11 is 0. The molecule has 5 nitrogen and oxygen atoms in total. The molecule has 0 N–H and O–H groups in total. The fourth-order valence-electron chi connectivity index (χ4n) is 10.4.